The predicted octanol–water partition coefficient (Wildman–Crippen LogP) is 4.36. The standard InChI is InChI=1S/C26H31N3O3/c1-17-12-18(2)14-21(13-17)29-16-19(15-24(29)30)25(31)28-23-11-7-6-10-22(23)26(32)27-20-8-4-3-5-9-20/h6-7,10-14,19-20H,3-5,8-9,15-16H2,1-2H3,(H,27,32)(H,28,31). The van der Waals surface area contributed by atoms with Gasteiger partial charge in [0.25, 0.3) is 5.91 Å². The van der Waals surface area contributed by atoms with Gasteiger partial charge in [-0.05, 0) is 62.1 Å². The molecule has 0 spiro atoms. The molecule has 2 fully saturated rings. The van der Waals surface area contributed by atoms with E-state index in [2.05, 4.69) is 16.7 Å². The first-order valence-corrected chi connectivity index (χ1v) is 11.5. The van der Waals surface area contributed by atoms with Gasteiger partial charge in [0.15, 0.2) is 0 Å². The largest absolute Gasteiger partial charge is 0.349 e. The summed E-state index contributed by atoms with van der Waals surface area (Å²) in [6, 6.07) is 13.3. The predicted molar refractivity (Wildman–Crippen MR) is 126 cm³/mol. The van der Waals surface area contributed by atoms with Crippen molar-refractivity contribution in [2.24, 2.45) is 5.92 Å². The first kappa shape index (κ1) is 22.1. The molecule has 1 atom stereocenters. The molecule has 1 aliphatic carbocycles. The number of carbonyl (C=O) groups is 3. The van der Waals surface area contributed by atoms with Crippen LogP contribution in [0.1, 0.15) is 60.0 Å². The molecule has 1 unspecified atom stereocenters. The third kappa shape index (κ3) is 5.01. The van der Waals surface area contributed by atoms with E-state index < -0.39 is 5.92 Å². The van der Waals surface area contributed by atoms with Crippen LogP contribution >= 0.6 is 0 Å². The summed E-state index contributed by atoms with van der Waals surface area (Å²) in [7, 11) is 0. The Morgan fingerprint density at radius 1 is 0.969 bits per heavy atom. The van der Waals surface area contributed by atoms with Gasteiger partial charge >= 0.3 is 0 Å². The monoisotopic (exact) mass is 433 g/mol. The maximum absolute atomic E-state index is 13.0. The van der Waals surface area contributed by atoms with Crippen LogP contribution in [-0.2, 0) is 9.59 Å². The summed E-state index contributed by atoms with van der Waals surface area (Å²) in [5.74, 6) is -0.911. The molecule has 1 heterocycles. The molecule has 0 aromatic heterocycles. The van der Waals surface area contributed by atoms with Crippen molar-refractivity contribution in [3.8, 4) is 0 Å². The number of nitrogens with one attached hydrogen (secondary N) is 2. The van der Waals surface area contributed by atoms with Gasteiger partial charge in [0, 0.05) is 24.7 Å². The Morgan fingerprint density at radius 2 is 1.66 bits per heavy atom. The Hall–Kier alpha value is -3.15. The second-order valence-electron chi connectivity index (χ2n) is 9.09. The Morgan fingerprint density at radius 3 is 2.38 bits per heavy atom. The number of aryl methyl sites for hydroxylation is 2. The lowest BCUT2D eigenvalue weighted by Crippen LogP contribution is -2.36. The zero-order valence-corrected chi connectivity index (χ0v) is 18.8. The Balaban J connectivity index is 1.44. The Bertz CT molecular complexity index is 1010. The highest BCUT2D eigenvalue weighted by molar-refractivity contribution is 6.07. The fourth-order valence-electron chi connectivity index (χ4n) is 4.77. The number of rotatable bonds is 5. The number of nitrogens with zero attached hydrogens (tertiary/aromatic N) is 1. The third-order valence-corrected chi connectivity index (χ3v) is 6.38. The van der Waals surface area contributed by atoms with Crippen LogP contribution in [0.4, 0.5) is 11.4 Å². The SMILES string of the molecule is Cc1cc(C)cc(N2CC(C(=O)Nc3ccccc3C(=O)NC3CCCCC3)CC2=O)c1. The van der Waals surface area contributed by atoms with Crippen LogP contribution in [0, 0.1) is 19.8 Å². The van der Waals surface area contributed by atoms with Gasteiger partial charge in [0.05, 0.1) is 17.2 Å². The molecule has 0 radical (unpaired) electrons. The van der Waals surface area contributed by atoms with Crippen LogP contribution in [0.25, 0.3) is 0 Å². The molecule has 6 nitrogen and oxygen atoms in total. The van der Waals surface area contributed by atoms with E-state index in [0.29, 0.717) is 17.8 Å². The van der Waals surface area contributed by atoms with Crippen molar-refractivity contribution in [1.29, 1.82) is 0 Å². The summed E-state index contributed by atoms with van der Waals surface area (Å²) in [4.78, 5) is 40.2. The van der Waals surface area contributed by atoms with Gasteiger partial charge in [-0.15, -0.1) is 0 Å². The lowest BCUT2D eigenvalue weighted by Gasteiger charge is -2.23. The molecule has 1 saturated carbocycles. The summed E-state index contributed by atoms with van der Waals surface area (Å²) in [5, 5.41) is 6.02. The van der Waals surface area contributed by atoms with Crippen molar-refractivity contribution < 1.29 is 14.4 Å². The summed E-state index contributed by atoms with van der Waals surface area (Å²) in [6.45, 7) is 4.33. The van der Waals surface area contributed by atoms with Crippen LogP contribution in [0.15, 0.2) is 42.5 Å². The van der Waals surface area contributed by atoms with E-state index in [1.807, 2.05) is 26.0 Å². The van der Waals surface area contributed by atoms with E-state index in [1.165, 1.54) is 6.42 Å². The number of hydrogen-bond acceptors (Lipinski definition) is 3. The van der Waals surface area contributed by atoms with Gasteiger partial charge in [0.2, 0.25) is 11.8 Å². The van der Waals surface area contributed by atoms with Gasteiger partial charge in [-0.2, -0.15) is 0 Å². The summed E-state index contributed by atoms with van der Waals surface area (Å²) in [6.07, 6.45) is 5.65. The fourth-order valence-corrected chi connectivity index (χ4v) is 4.77. The lowest BCUT2D eigenvalue weighted by atomic mass is 9.95. The molecule has 6 heteroatoms. The van der Waals surface area contributed by atoms with Gasteiger partial charge in [-0.1, -0.05) is 37.5 Å². The van der Waals surface area contributed by atoms with Crippen LogP contribution in [0.2, 0.25) is 0 Å². The van der Waals surface area contributed by atoms with Crippen molar-refractivity contribution in [1.82, 2.24) is 5.32 Å². The highest BCUT2D eigenvalue weighted by Gasteiger charge is 2.35. The van der Waals surface area contributed by atoms with E-state index >= 15 is 0 Å². The van der Waals surface area contributed by atoms with Crippen LogP contribution < -0.4 is 15.5 Å². The summed E-state index contributed by atoms with van der Waals surface area (Å²) >= 11 is 0. The quantitative estimate of drug-likeness (QED) is 0.736. The zero-order valence-electron chi connectivity index (χ0n) is 18.8. The molecular formula is C26H31N3O3. The minimum atomic E-state index is -0.460. The second kappa shape index (κ2) is 9.55. The van der Waals surface area contributed by atoms with E-state index in [-0.39, 0.29) is 30.2 Å². The zero-order chi connectivity index (χ0) is 22.7. The molecule has 32 heavy (non-hydrogen) atoms. The van der Waals surface area contributed by atoms with Crippen LogP contribution in [0.3, 0.4) is 0 Å². The van der Waals surface area contributed by atoms with Gasteiger partial charge in [-0.25, -0.2) is 0 Å². The second-order valence-corrected chi connectivity index (χ2v) is 9.09. The lowest BCUT2D eigenvalue weighted by molar-refractivity contribution is -0.122. The normalized spacial score (nSPS) is 19.1. The Kier molecular flexibility index (Phi) is 6.58. The van der Waals surface area contributed by atoms with Gasteiger partial charge in [0.1, 0.15) is 0 Å². The molecule has 2 aromatic carbocycles. The number of hydrogen-bond donors (Lipinski definition) is 2. The molecule has 2 aromatic rings. The first-order valence-electron chi connectivity index (χ1n) is 11.5. The van der Waals surface area contributed by atoms with Crippen LogP contribution in [0.5, 0.6) is 0 Å². The molecule has 1 saturated heterocycles. The average molecular weight is 434 g/mol. The third-order valence-electron chi connectivity index (χ3n) is 6.38. The highest BCUT2D eigenvalue weighted by Crippen LogP contribution is 2.28. The number of anilines is 2. The molecule has 0 bridgehead atoms. The van der Waals surface area contributed by atoms with E-state index in [1.54, 1.807) is 29.2 Å². The average Bonchev–Trinajstić information content (AvgIpc) is 3.16. The van der Waals surface area contributed by atoms with Crippen molar-refractivity contribution in [2.75, 3.05) is 16.8 Å². The topological polar surface area (TPSA) is 78.5 Å². The first-order chi connectivity index (χ1) is 15.4. The molecule has 1 aliphatic heterocycles. The van der Waals surface area contributed by atoms with Crippen LogP contribution in [-0.4, -0.2) is 30.3 Å². The molecule has 3 amide bonds. The molecule has 2 aliphatic rings. The minimum absolute atomic E-state index is 0.0570. The van der Waals surface area contributed by atoms with Crippen molar-refractivity contribution in [3.05, 3.63) is 59.2 Å². The van der Waals surface area contributed by atoms with Crippen molar-refractivity contribution >= 4 is 29.1 Å². The molecule has 4 rings (SSSR count). The number of amides is 3. The highest BCUT2D eigenvalue weighted by atomic mass is 16.2. The minimum Gasteiger partial charge on any atom is -0.349 e. The summed E-state index contributed by atoms with van der Waals surface area (Å²) in [5.41, 5.74) is 3.94. The molecule has 2 N–H and O–H groups in total. The smallest absolute Gasteiger partial charge is 0.253 e. The molecular weight excluding hydrogens is 402 g/mol. The number of para-hydroxylation sites is 1. The molecule has 168 valence electrons. The maximum atomic E-state index is 13.0. The Labute approximate surface area is 189 Å². The van der Waals surface area contributed by atoms with Crippen molar-refractivity contribution in [2.45, 2.75) is 58.4 Å². The van der Waals surface area contributed by atoms with E-state index in [4.69, 9.17) is 0 Å². The number of carbonyl (C=O) groups excluding carboxylic acids is 3. The fraction of sp³-hybridized carbons (Fsp3) is 0.423. The van der Waals surface area contributed by atoms with Gasteiger partial charge in [-0.3, -0.25) is 14.4 Å². The summed E-state index contributed by atoms with van der Waals surface area (Å²) < 4.78 is 0. The van der Waals surface area contributed by atoms with Gasteiger partial charge < -0.3 is 15.5 Å². The number of benzene rings is 2. The van der Waals surface area contributed by atoms with E-state index in [0.717, 1.165) is 42.5 Å². The van der Waals surface area contributed by atoms with E-state index in [9.17, 15) is 14.4 Å². The maximum Gasteiger partial charge on any atom is 0.253 e. The van der Waals surface area contributed by atoms with Crippen molar-refractivity contribution in [3.63, 3.8) is 0 Å².